The topological polar surface area (TPSA) is 29.1 Å². The Hall–Kier alpha value is -1.45. The van der Waals surface area contributed by atoms with Crippen LogP contribution < -0.4 is 5.32 Å². The lowest BCUT2D eigenvalue weighted by molar-refractivity contribution is -0.118. The van der Waals surface area contributed by atoms with E-state index >= 15 is 0 Å². The Balaban J connectivity index is 1.77. The predicted molar refractivity (Wildman–Crippen MR) is 85.2 cm³/mol. The molecule has 0 fully saturated rings. The first kappa shape index (κ1) is 14.9. The Bertz CT molecular complexity index is 583. The summed E-state index contributed by atoms with van der Waals surface area (Å²) in [6, 6.07) is 15.6. The van der Waals surface area contributed by atoms with Crippen molar-refractivity contribution < 1.29 is 4.79 Å². The van der Waals surface area contributed by atoms with E-state index in [1.54, 1.807) is 0 Å². The van der Waals surface area contributed by atoms with E-state index in [0.29, 0.717) is 17.3 Å². The van der Waals surface area contributed by atoms with Crippen molar-refractivity contribution in [3.63, 3.8) is 0 Å². The molecule has 0 heterocycles. The van der Waals surface area contributed by atoms with Gasteiger partial charge in [-0.25, -0.2) is 0 Å². The summed E-state index contributed by atoms with van der Waals surface area (Å²) in [4.78, 5) is 12.8. The van der Waals surface area contributed by atoms with Crippen molar-refractivity contribution in [2.24, 2.45) is 0 Å². The summed E-state index contributed by atoms with van der Waals surface area (Å²) >= 11 is 7.32. The van der Waals surface area contributed by atoms with Crippen LogP contribution in [-0.4, -0.2) is 11.7 Å². The molecule has 2 aromatic rings. The summed E-state index contributed by atoms with van der Waals surface area (Å²) in [5.41, 5.74) is 2.32. The van der Waals surface area contributed by atoms with Gasteiger partial charge >= 0.3 is 0 Å². The first-order valence-corrected chi connectivity index (χ1v) is 7.70. The molecule has 2 rings (SSSR count). The number of carbonyl (C=O) groups is 1. The second-order valence-corrected chi connectivity index (χ2v) is 5.99. The number of carbonyl (C=O) groups excluding carboxylic acids is 1. The van der Waals surface area contributed by atoms with Gasteiger partial charge in [-0.15, -0.1) is 11.8 Å². The van der Waals surface area contributed by atoms with Gasteiger partial charge in [-0.1, -0.05) is 41.4 Å². The number of benzene rings is 2. The summed E-state index contributed by atoms with van der Waals surface area (Å²) in [5.74, 6) is 0.444. The molecule has 2 nitrogen and oxygen atoms in total. The minimum atomic E-state index is 0.0338. The van der Waals surface area contributed by atoms with Gasteiger partial charge in [0.05, 0.1) is 5.75 Å². The van der Waals surface area contributed by atoms with Gasteiger partial charge in [-0.05, 0) is 36.8 Å². The maximum atomic E-state index is 11.8. The zero-order valence-electron chi connectivity index (χ0n) is 11.2. The molecule has 0 atom stereocenters. The molecule has 0 aliphatic rings. The summed E-state index contributed by atoms with van der Waals surface area (Å²) in [6.45, 7) is 2.61. The van der Waals surface area contributed by atoms with Crippen LogP contribution in [0, 0.1) is 6.92 Å². The van der Waals surface area contributed by atoms with Crippen molar-refractivity contribution in [3.8, 4) is 0 Å². The zero-order valence-corrected chi connectivity index (χ0v) is 12.8. The molecule has 4 heteroatoms. The fourth-order valence-electron chi connectivity index (χ4n) is 1.75. The van der Waals surface area contributed by atoms with Gasteiger partial charge in [-0.2, -0.15) is 0 Å². The quantitative estimate of drug-likeness (QED) is 0.844. The fourth-order valence-corrected chi connectivity index (χ4v) is 2.61. The van der Waals surface area contributed by atoms with E-state index in [4.69, 9.17) is 11.6 Å². The Labute approximate surface area is 128 Å². The Kier molecular flexibility index (Phi) is 5.50. The SMILES string of the molecule is Cc1cccc(CNC(=O)CSc2ccc(Cl)cc2)c1. The molecule has 0 unspecified atom stereocenters. The smallest absolute Gasteiger partial charge is 0.230 e. The minimum absolute atomic E-state index is 0.0338. The lowest BCUT2D eigenvalue weighted by Crippen LogP contribution is -2.24. The van der Waals surface area contributed by atoms with E-state index in [1.165, 1.54) is 17.3 Å². The number of amides is 1. The van der Waals surface area contributed by atoms with Crippen LogP contribution in [0.5, 0.6) is 0 Å². The lowest BCUT2D eigenvalue weighted by atomic mass is 10.1. The molecule has 20 heavy (non-hydrogen) atoms. The van der Waals surface area contributed by atoms with Crippen LogP contribution in [0.25, 0.3) is 0 Å². The number of thioether (sulfide) groups is 1. The number of halogens is 1. The van der Waals surface area contributed by atoms with Gasteiger partial charge in [0.15, 0.2) is 0 Å². The first-order valence-electron chi connectivity index (χ1n) is 6.34. The Morgan fingerprint density at radius 1 is 1.20 bits per heavy atom. The third kappa shape index (κ3) is 4.91. The maximum Gasteiger partial charge on any atom is 0.230 e. The molecule has 1 N–H and O–H groups in total. The molecule has 2 aromatic carbocycles. The van der Waals surface area contributed by atoms with Crippen LogP contribution >= 0.6 is 23.4 Å². The second-order valence-electron chi connectivity index (χ2n) is 4.51. The van der Waals surface area contributed by atoms with Crippen LogP contribution in [0.3, 0.4) is 0 Å². The van der Waals surface area contributed by atoms with E-state index in [2.05, 4.69) is 11.4 Å². The Morgan fingerprint density at radius 3 is 2.65 bits per heavy atom. The second kappa shape index (κ2) is 7.36. The molecule has 0 saturated carbocycles. The number of nitrogens with one attached hydrogen (secondary N) is 1. The molecular formula is C16H16ClNOS. The highest BCUT2D eigenvalue weighted by molar-refractivity contribution is 8.00. The summed E-state index contributed by atoms with van der Waals surface area (Å²) in [5, 5.41) is 3.63. The van der Waals surface area contributed by atoms with Crippen LogP contribution in [0.1, 0.15) is 11.1 Å². The summed E-state index contributed by atoms with van der Waals surface area (Å²) in [6.07, 6.45) is 0. The highest BCUT2D eigenvalue weighted by atomic mass is 35.5. The van der Waals surface area contributed by atoms with Gasteiger partial charge in [0.2, 0.25) is 5.91 Å². The number of hydrogen-bond donors (Lipinski definition) is 1. The monoisotopic (exact) mass is 305 g/mol. The molecule has 0 bridgehead atoms. The molecule has 0 aliphatic carbocycles. The molecular weight excluding hydrogens is 290 g/mol. The summed E-state index contributed by atoms with van der Waals surface area (Å²) < 4.78 is 0. The van der Waals surface area contributed by atoms with Crippen LogP contribution in [0.4, 0.5) is 0 Å². The molecule has 0 saturated heterocycles. The van der Waals surface area contributed by atoms with Crippen molar-refractivity contribution in [1.82, 2.24) is 5.32 Å². The average molecular weight is 306 g/mol. The van der Waals surface area contributed by atoms with Gasteiger partial charge in [0, 0.05) is 16.5 Å². The standard InChI is InChI=1S/C16H16ClNOS/c1-12-3-2-4-13(9-12)10-18-16(19)11-20-15-7-5-14(17)6-8-15/h2-9H,10-11H2,1H3,(H,18,19). The maximum absolute atomic E-state index is 11.8. The van der Waals surface area contributed by atoms with Gasteiger partial charge in [-0.3, -0.25) is 4.79 Å². The van der Waals surface area contributed by atoms with Crippen molar-refractivity contribution >= 4 is 29.3 Å². The number of rotatable bonds is 5. The highest BCUT2D eigenvalue weighted by Gasteiger charge is 2.03. The zero-order chi connectivity index (χ0) is 14.4. The molecule has 1 amide bonds. The van der Waals surface area contributed by atoms with E-state index in [9.17, 15) is 4.79 Å². The van der Waals surface area contributed by atoms with Crippen LogP contribution in [0.2, 0.25) is 5.02 Å². The van der Waals surface area contributed by atoms with Crippen molar-refractivity contribution in [1.29, 1.82) is 0 Å². The third-order valence-corrected chi connectivity index (χ3v) is 4.02. The summed E-state index contributed by atoms with van der Waals surface area (Å²) in [7, 11) is 0. The normalized spacial score (nSPS) is 10.3. The van der Waals surface area contributed by atoms with E-state index in [0.717, 1.165) is 10.5 Å². The molecule has 0 aliphatic heterocycles. The highest BCUT2D eigenvalue weighted by Crippen LogP contribution is 2.19. The van der Waals surface area contributed by atoms with Crippen molar-refractivity contribution in [3.05, 3.63) is 64.7 Å². The van der Waals surface area contributed by atoms with Crippen molar-refractivity contribution in [2.45, 2.75) is 18.4 Å². The van der Waals surface area contributed by atoms with E-state index in [1.807, 2.05) is 49.4 Å². The molecule has 104 valence electrons. The average Bonchev–Trinajstić information content (AvgIpc) is 2.45. The molecule has 0 aromatic heterocycles. The molecule has 0 spiro atoms. The largest absolute Gasteiger partial charge is 0.351 e. The number of aryl methyl sites for hydroxylation is 1. The van der Waals surface area contributed by atoms with Crippen molar-refractivity contribution in [2.75, 3.05) is 5.75 Å². The van der Waals surface area contributed by atoms with Crippen LogP contribution in [0.15, 0.2) is 53.4 Å². The van der Waals surface area contributed by atoms with Gasteiger partial charge in [0.1, 0.15) is 0 Å². The van der Waals surface area contributed by atoms with Gasteiger partial charge < -0.3 is 5.32 Å². The van der Waals surface area contributed by atoms with E-state index < -0.39 is 0 Å². The van der Waals surface area contributed by atoms with E-state index in [-0.39, 0.29) is 5.91 Å². The third-order valence-electron chi connectivity index (χ3n) is 2.76. The molecule has 0 radical (unpaired) electrons. The van der Waals surface area contributed by atoms with Crippen LogP contribution in [-0.2, 0) is 11.3 Å². The minimum Gasteiger partial charge on any atom is -0.351 e. The fraction of sp³-hybridized carbons (Fsp3) is 0.188. The lowest BCUT2D eigenvalue weighted by Gasteiger charge is -2.06. The Morgan fingerprint density at radius 2 is 1.95 bits per heavy atom. The van der Waals surface area contributed by atoms with Gasteiger partial charge in [0.25, 0.3) is 0 Å². The first-order chi connectivity index (χ1) is 9.63. The predicted octanol–water partition coefficient (Wildman–Crippen LogP) is 4.06. The number of hydrogen-bond acceptors (Lipinski definition) is 2.